The van der Waals surface area contributed by atoms with E-state index in [-0.39, 0.29) is 24.5 Å². The Morgan fingerprint density at radius 2 is 1.67 bits per heavy atom. The van der Waals surface area contributed by atoms with Gasteiger partial charge in [-0.25, -0.2) is 9.59 Å². The molecule has 2 fully saturated rings. The predicted octanol–water partition coefficient (Wildman–Crippen LogP) is 5.28. The van der Waals surface area contributed by atoms with Crippen molar-refractivity contribution in [2.45, 2.75) is 103 Å². The molecular formula is C30H45NO8. The topological polar surface area (TPSA) is 101 Å². The number of cyclic esters (lactones) is 1. The number of hydrogen-bond donors (Lipinski definition) is 0. The first-order chi connectivity index (χ1) is 18.5. The molecule has 0 bridgehead atoms. The van der Waals surface area contributed by atoms with E-state index in [2.05, 4.69) is 0 Å². The molecule has 39 heavy (non-hydrogen) atoms. The van der Waals surface area contributed by atoms with Gasteiger partial charge in [0, 0.05) is 13.0 Å². The molecule has 0 spiro atoms. The molecule has 4 atom stereocenters. The van der Waals surface area contributed by atoms with Crippen molar-refractivity contribution in [3.05, 3.63) is 29.8 Å². The van der Waals surface area contributed by atoms with Crippen molar-refractivity contribution < 1.29 is 38.1 Å². The Balaban J connectivity index is 1.86. The third-order valence-corrected chi connectivity index (χ3v) is 7.42. The van der Waals surface area contributed by atoms with Crippen LogP contribution in [0.5, 0.6) is 5.75 Å². The second-order valence-corrected chi connectivity index (χ2v) is 11.7. The van der Waals surface area contributed by atoms with Crippen molar-refractivity contribution in [1.82, 2.24) is 4.90 Å². The van der Waals surface area contributed by atoms with Gasteiger partial charge in [-0.3, -0.25) is 9.69 Å². The highest BCUT2D eigenvalue weighted by Gasteiger charge is 2.41. The largest absolute Gasteiger partial charge is 0.497 e. The van der Waals surface area contributed by atoms with Gasteiger partial charge in [-0.15, -0.1) is 0 Å². The summed E-state index contributed by atoms with van der Waals surface area (Å²) in [7, 11) is 3.09. The molecule has 0 aromatic heterocycles. The van der Waals surface area contributed by atoms with Crippen LogP contribution in [0.25, 0.3) is 0 Å². The van der Waals surface area contributed by atoms with Crippen molar-refractivity contribution in [2.24, 2.45) is 11.8 Å². The molecule has 3 rings (SSSR count). The zero-order valence-corrected chi connectivity index (χ0v) is 24.3. The van der Waals surface area contributed by atoms with Gasteiger partial charge in [0.25, 0.3) is 0 Å². The second kappa shape index (κ2) is 14.0. The lowest BCUT2D eigenvalue weighted by Crippen LogP contribution is -2.49. The maximum Gasteiger partial charge on any atom is 0.412 e. The van der Waals surface area contributed by atoms with Gasteiger partial charge in [0.2, 0.25) is 0 Å². The molecule has 1 saturated heterocycles. The van der Waals surface area contributed by atoms with Crippen LogP contribution in [0.3, 0.4) is 0 Å². The maximum atomic E-state index is 13.5. The number of rotatable bonds is 8. The number of carbonyl (C=O) groups is 3. The molecule has 1 saturated carbocycles. The minimum atomic E-state index is -0.881. The summed E-state index contributed by atoms with van der Waals surface area (Å²) < 4.78 is 28.2. The zero-order valence-electron chi connectivity index (χ0n) is 24.3. The molecule has 1 amide bonds. The summed E-state index contributed by atoms with van der Waals surface area (Å²) in [5.41, 5.74) is 0.341. The van der Waals surface area contributed by atoms with E-state index in [0.717, 1.165) is 37.0 Å². The van der Waals surface area contributed by atoms with E-state index in [9.17, 15) is 14.4 Å². The first-order valence-corrected chi connectivity index (χ1v) is 14.0. The Kier molecular flexibility index (Phi) is 11.0. The van der Waals surface area contributed by atoms with Crippen LogP contribution in [-0.4, -0.2) is 67.7 Å². The molecule has 2 aliphatic rings. The highest BCUT2D eigenvalue weighted by Crippen LogP contribution is 2.32. The fourth-order valence-corrected chi connectivity index (χ4v) is 5.45. The zero-order chi connectivity index (χ0) is 28.6. The van der Waals surface area contributed by atoms with Gasteiger partial charge >= 0.3 is 18.0 Å². The monoisotopic (exact) mass is 547 g/mol. The van der Waals surface area contributed by atoms with E-state index >= 15 is 0 Å². The molecule has 9 heteroatoms. The quantitative estimate of drug-likeness (QED) is 0.246. The van der Waals surface area contributed by atoms with Crippen LogP contribution in [0.2, 0.25) is 0 Å². The van der Waals surface area contributed by atoms with Gasteiger partial charge in [0.05, 0.1) is 13.0 Å². The minimum absolute atomic E-state index is 0.0808. The number of nitrogens with zero attached hydrogens (tertiary/aromatic N) is 1. The van der Waals surface area contributed by atoms with E-state index in [1.54, 1.807) is 34.8 Å². The fourth-order valence-electron chi connectivity index (χ4n) is 5.45. The highest BCUT2D eigenvalue weighted by atomic mass is 16.6. The van der Waals surface area contributed by atoms with Gasteiger partial charge in [-0.2, -0.15) is 0 Å². The first kappa shape index (κ1) is 30.7. The van der Waals surface area contributed by atoms with E-state index in [0.29, 0.717) is 25.7 Å². The molecule has 9 nitrogen and oxygen atoms in total. The molecule has 1 heterocycles. The van der Waals surface area contributed by atoms with Crippen molar-refractivity contribution in [1.29, 1.82) is 0 Å². The number of esters is 2. The summed E-state index contributed by atoms with van der Waals surface area (Å²) in [6.07, 6.45) is 4.06. The van der Waals surface area contributed by atoms with Crippen LogP contribution < -0.4 is 4.74 Å². The molecule has 1 aliphatic carbocycles. The summed E-state index contributed by atoms with van der Waals surface area (Å²) in [5, 5.41) is 0. The van der Waals surface area contributed by atoms with E-state index in [1.165, 1.54) is 12.0 Å². The Morgan fingerprint density at radius 1 is 1.00 bits per heavy atom. The van der Waals surface area contributed by atoms with E-state index in [4.69, 9.17) is 23.7 Å². The molecule has 4 unspecified atom stereocenters. The van der Waals surface area contributed by atoms with Crippen LogP contribution in [0, 0.1) is 11.8 Å². The number of amides is 1. The molecule has 218 valence electrons. The van der Waals surface area contributed by atoms with Crippen molar-refractivity contribution in [3.8, 4) is 5.75 Å². The van der Waals surface area contributed by atoms with Crippen LogP contribution in [0.4, 0.5) is 4.79 Å². The second-order valence-electron chi connectivity index (χ2n) is 11.7. The molecule has 1 aromatic carbocycles. The predicted molar refractivity (Wildman–Crippen MR) is 145 cm³/mol. The summed E-state index contributed by atoms with van der Waals surface area (Å²) in [4.78, 5) is 40.9. The summed E-state index contributed by atoms with van der Waals surface area (Å²) in [6.45, 7) is 6.96. The Morgan fingerprint density at radius 3 is 2.26 bits per heavy atom. The van der Waals surface area contributed by atoms with Gasteiger partial charge in [-0.1, -0.05) is 31.4 Å². The van der Waals surface area contributed by atoms with Crippen molar-refractivity contribution >= 4 is 18.0 Å². The lowest BCUT2D eigenvalue weighted by atomic mass is 9.86. The summed E-state index contributed by atoms with van der Waals surface area (Å²) in [6, 6.07) is 6.95. The lowest BCUT2D eigenvalue weighted by molar-refractivity contribution is -0.176. The highest BCUT2D eigenvalue weighted by molar-refractivity contribution is 5.81. The van der Waals surface area contributed by atoms with Gasteiger partial charge in [0.15, 0.2) is 0 Å². The van der Waals surface area contributed by atoms with Crippen LogP contribution in [0.15, 0.2) is 24.3 Å². The Hall–Kier alpha value is -2.81. The van der Waals surface area contributed by atoms with E-state index < -0.39 is 35.9 Å². The fraction of sp³-hybridized carbons (Fsp3) is 0.700. The first-order valence-electron chi connectivity index (χ1n) is 14.0. The number of carbonyl (C=O) groups excluding carboxylic acids is 3. The van der Waals surface area contributed by atoms with Crippen molar-refractivity contribution in [3.63, 3.8) is 0 Å². The van der Waals surface area contributed by atoms with Gasteiger partial charge in [0.1, 0.15) is 36.3 Å². The Bertz CT molecular complexity index is 951. The Labute approximate surface area is 232 Å². The average Bonchev–Trinajstić information content (AvgIpc) is 3.43. The summed E-state index contributed by atoms with van der Waals surface area (Å²) >= 11 is 0. The molecule has 1 aromatic rings. The number of ether oxygens (including phenoxy) is 5. The molecule has 1 aliphatic heterocycles. The molecule has 0 radical (unpaired) electrons. The van der Waals surface area contributed by atoms with Crippen LogP contribution >= 0.6 is 0 Å². The SMILES string of the molecule is COCN(C(=O)OC(C)(C)C)C1CCCC(Cc2ccc(OC)cc2)C(OC(=O)C2CCCC2)C(C)OC1=O. The van der Waals surface area contributed by atoms with Crippen LogP contribution in [-0.2, 0) is 35.0 Å². The normalized spacial score (nSPS) is 24.6. The molecule has 0 N–H and O–H groups in total. The van der Waals surface area contributed by atoms with Gasteiger partial charge < -0.3 is 23.7 Å². The minimum Gasteiger partial charge on any atom is -0.497 e. The smallest absolute Gasteiger partial charge is 0.412 e. The van der Waals surface area contributed by atoms with Crippen molar-refractivity contribution in [2.75, 3.05) is 21.0 Å². The standard InChI is InChI=1S/C30H45NO8/c1-20-26(38-27(32)22-10-7-8-11-22)23(18-21-14-16-24(36-6)17-15-21)12-9-13-25(28(33)37-20)31(19-35-5)29(34)39-30(2,3)4/h14-17,20,22-23,25-26H,7-13,18-19H2,1-6H3. The average molecular weight is 548 g/mol. The number of methoxy groups -OCH3 is 2. The lowest BCUT2D eigenvalue weighted by Gasteiger charge is -2.33. The van der Waals surface area contributed by atoms with Gasteiger partial charge in [-0.05, 0) is 77.5 Å². The number of benzene rings is 1. The third-order valence-electron chi connectivity index (χ3n) is 7.42. The summed E-state index contributed by atoms with van der Waals surface area (Å²) in [5.74, 6) is -0.201. The van der Waals surface area contributed by atoms with Crippen LogP contribution in [0.1, 0.15) is 78.2 Å². The third kappa shape index (κ3) is 8.85. The molecular weight excluding hydrogens is 502 g/mol. The maximum absolute atomic E-state index is 13.5. The number of hydrogen-bond acceptors (Lipinski definition) is 8. The van der Waals surface area contributed by atoms with E-state index in [1.807, 2.05) is 24.3 Å².